The molecule has 5 heteroatoms. The first-order valence-electron chi connectivity index (χ1n) is 5.51. The lowest BCUT2D eigenvalue weighted by Gasteiger charge is -2.10. The third-order valence-corrected chi connectivity index (χ3v) is 3.21. The van der Waals surface area contributed by atoms with Gasteiger partial charge in [0.1, 0.15) is 18.2 Å². The molecular formula is C13H15N3OS. The zero-order chi connectivity index (χ0) is 12.8. The molecule has 0 radical (unpaired) electrons. The first kappa shape index (κ1) is 12.7. The highest BCUT2D eigenvalue weighted by Gasteiger charge is 2.02. The molecule has 0 saturated carbocycles. The Labute approximate surface area is 111 Å². The number of hydrogen-bond donors (Lipinski definition) is 2. The van der Waals surface area contributed by atoms with E-state index in [2.05, 4.69) is 10.4 Å². The van der Waals surface area contributed by atoms with E-state index in [-0.39, 0.29) is 0 Å². The number of nitrogen functional groups attached to an aromatic ring is 1. The van der Waals surface area contributed by atoms with Crippen LogP contribution in [0.25, 0.3) is 0 Å². The summed E-state index contributed by atoms with van der Waals surface area (Å²) >= 11 is 1.67. The van der Waals surface area contributed by atoms with E-state index in [1.165, 1.54) is 0 Å². The monoisotopic (exact) mass is 261 g/mol. The van der Waals surface area contributed by atoms with Gasteiger partial charge in [0.2, 0.25) is 0 Å². The average molecular weight is 261 g/mol. The molecule has 0 bridgehead atoms. The van der Waals surface area contributed by atoms with Gasteiger partial charge in [0.25, 0.3) is 0 Å². The van der Waals surface area contributed by atoms with Crippen molar-refractivity contribution in [2.24, 2.45) is 5.84 Å². The highest BCUT2D eigenvalue weighted by Crippen LogP contribution is 2.27. The molecule has 0 saturated heterocycles. The number of rotatable bonds is 5. The van der Waals surface area contributed by atoms with Crippen molar-refractivity contribution >= 4 is 17.6 Å². The van der Waals surface area contributed by atoms with E-state index in [1.54, 1.807) is 18.0 Å². The zero-order valence-corrected chi connectivity index (χ0v) is 10.9. The maximum Gasteiger partial charge on any atom is 0.140 e. The van der Waals surface area contributed by atoms with Crippen LogP contribution in [0, 0.1) is 0 Å². The Morgan fingerprint density at radius 2 is 2.17 bits per heavy atom. The minimum absolute atomic E-state index is 0.495. The molecular weight excluding hydrogens is 246 g/mol. The summed E-state index contributed by atoms with van der Waals surface area (Å²) in [6, 6.07) is 11.7. The van der Waals surface area contributed by atoms with Crippen LogP contribution in [0.2, 0.25) is 0 Å². The van der Waals surface area contributed by atoms with Gasteiger partial charge in [0.05, 0.1) is 0 Å². The van der Waals surface area contributed by atoms with Crippen molar-refractivity contribution in [3.8, 4) is 5.75 Å². The molecule has 94 valence electrons. The Morgan fingerprint density at radius 1 is 1.33 bits per heavy atom. The molecule has 4 nitrogen and oxygen atoms in total. The summed E-state index contributed by atoms with van der Waals surface area (Å²) in [5.74, 6) is 6.84. The molecule has 1 aromatic heterocycles. The van der Waals surface area contributed by atoms with Crippen LogP contribution in [0.4, 0.5) is 5.82 Å². The van der Waals surface area contributed by atoms with Gasteiger partial charge in [-0.2, -0.15) is 0 Å². The predicted octanol–water partition coefficient (Wildman–Crippen LogP) is 2.67. The number of anilines is 1. The number of pyridine rings is 1. The van der Waals surface area contributed by atoms with Crippen molar-refractivity contribution < 1.29 is 4.74 Å². The van der Waals surface area contributed by atoms with Crippen LogP contribution in [0.15, 0.2) is 47.5 Å². The Bertz CT molecular complexity index is 519. The van der Waals surface area contributed by atoms with E-state index in [4.69, 9.17) is 10.6 Å². The molecule has 1 aromatic carbocycles. The molecule has 3 N–H and O–H groups in total. The maximum absolute atomic E-state index is 5.80. The third kappa shape index (κ3) is 3.15. The lowest BCUT2D eigenvalue weighted by atomic mass is 10.3. The fourth-order valence-electron chi connectivity index (χ4n) is 1.54. The smallest absolute Gasteiger partial charge is 0.140 e. The van der Waals surface area contributed by atoms with Crippen LogP contribution in [-0.4, -0.2) is 11.2 Å². The lowest BCUT2D eigenvalue weighted by molar-refractivity contribution is 0.299. The fraction of sp³-hybridized carbons (Fsp3) is 0.154. The lowest BCUT2D eigenvalue weighted by Crippen LogP contribution is -2.09. The normalized spacial score (nSPS) is 10.1. The summed E-state index contributed by atoms with van der Waals surface area (Å²) in [5, 5.41) is 0. The molecule has 0 spiro atoms. The van der Waals surface area contributed by atoms with Gasteiger partial charge in [0.15, 0.2) is 0 Å². The molecule has 0 aliphatic carbocycles. The van der Waals surface area contributed by atoms with Gasteiger partial charge in [-0.3, -0.25) is 0 Å². The Kier molecular flexibility index (Phi) is 4.44. The third-order valence-electron chi connectivity index (χ3n) is 2.44. The van der Waals surface area contributed by atoms with Gasteiger partial charge in [-0.05, 0) is 36.1 Å². The summed E-state index contributed by atoms with van der Waals surface area (Å²) < 4.78 is 5.80. The van der Waals surface area contributed by atoms with Gasteiger partial charge in [-0.25, -0.2) is 10.8 Å². The molecule has 0 aliphatic heterocycles. The summed E-state index contributed by atoms with van der Waals surface area (Å²) in [5.41, 5.74) is 3.54. The molecule has 1 heterocycles. The number of nitrogens with one attached hydrogen (secondary N) is 1. The molecule has 2 rings (SSSR count). The molecule has 2 aromatic rings. The van der Waals surface area contributed by atoms with Crippen LogP contribution in [0.5, 0.6) is 5.75 Å². The predicted molar refractivity (Wildman–Crippen MR) is 74.6 cm³/mol. The van der Waals surface area contributed by atoms with Gasteiger partial charge in [-0.15, -0.1) is 11.8 Å². The second-order valence-electron chi connectivity index (χ2n) is 3.63. The van der Waals surface area contributed by atoms with E-state index in [9.17, 15) is 0 Å². The fourth-order valence-corrected chi connectivity index (χ4v) is 2.08. The molecule has 0 fully saturated rings. The number of benzene rings is 1. The molecule has 0 unspecified atom stereocenters. The number of thioether (sulfide) groups is 1. The van der Waals surface area contributed by atoms with Crippen LogP contribution in [-0.2, 0) is 6.61 Å². The van der Waals surface area contributed by atoms with Crippen LogP contribution < -0.4 is 16.0 Å². The van der Waals surface area contributed by atoms with E-state index in [0.29, 0.717) is 12.4 Å². The summed E-state index contributed by atoms with van der Waals surface area (Å²) in [4.78, 5) is 5.18. The van der Waals surface area contributed by atoms with E-state index < -0.39 is 0 Å². The number of hydrazine groups is 1. The second kappa shape index (κ2) is 6.28. The summed E-state index contributed by atoms with van der Waals surface area (Å²) in [6.07, 6.45) is 3.74. The van der Waals surface area contributed by atoms with Crippen molar-refractivity contribution in [3.63, 3.8) is 0 Å². The second-order valence-corrected chi connectivity index (χ2v) is 4.48. The molecule has 0 atom stereocenters. The zero-order valence-electron chi connectivity index (χ0n) is 10.1. The van der Waals surface area contributed by atoms with Crippen molar-refractivity contribution in [3.05, 3.63) is 48.2 Å². The van der Waals surface area contributed by atoms with Gasteiger partial charge in [0, 0.05) is 11.1 Å². The highest BCUT2D eigenvalue weighted by molar-refractivity contribution is 7.98. The number of para-hydroxylation sites is 1. The van der Waals surface area contributed by atoms with Crippen molar-refractivity contribution in [1.82, 2.24) is 4.98 Å². The first-order valence-corrected chi connectivity index (χ1v) is 6.73. The van der Waals surface area contributed by atoms with Crippen molar-refractivity contribution in [1.29, 1.82) is 0 Å². The van der Waals surface area contributed by atoms with Crippen LogP contribution >= 0.6 is 11.8 Å². The Morgan fingerprint density at radius 3 is 2.94 bits per heavy atom. The topological polar surface area (TPSA) is 60.2 Å². The number of nitrogens with two attached hydrogens (primary N) is 1. The standard InChI is InChI=1S/C13H15N3OS/c1-18-12-5-3-2-4-11(12)17-9-10-6-7-15-13(8-10)16-14/h2-8H,9,14H2,1H3,(H,15,16). The number of nitrogens with zero attached hydrogens (tertiary/aromatic N) is 1. The molecule has 0 amide bonds. The quantitative estimate of drug-likeness (QED) is 0.492. The van der Waals surface area contributed by atoms with Crippen molar-refractivity contribution in [2.75, 3.05) is 11.7 Å². The maximum atomic E-state index is 5.80. The van der Waals surface area contributed by atoms with Gasteiger partial charge >= 0.3 is 0 Å². The van der Waals surface area contributed by atoms with Gasteiger partial charge < -0.3 is 10.2 Å². The van der Waals surface area contributed by atoms with Crippen molar-refractivity contribution in [2.45, 2.75) is 11.5 Å². The van der Waals surface area contributed by atoms with Crippen LogP contribution in [0.1, 0.15) is 5.56 Å². The Hall–Kier alpha value is -1.72. The van der Waals surface area contributed by atoms with E-state index in [0.717, 1.165) is 16.2 Å². The number of ether oxygens (including phenoxy) is 1. The SMILES string of the molecule is CSc1ccccc1OCc1ccnc(NN)c1. The van der Waals surface area contributed by atoms with E-state index in [1.807, 2.05) is 42.7 Å². The molecule has 18 heavy (non-hydrogen) atoms. The minimum Gasteiger partial charge on any atom is -0.488 e. The number of aromatic nitrogens is 1. The Balaban J connectivity index is 2.06. The highest BCUT2D eigenvalue weighted by atomic mass is 32.2. The largest absolute Gasteiger partial charge is 0.488 e. The summed E-state index contributed by atoms with van der Waals surface area (Å²) in [6.45, 7) is 0.495. The van der Waals surface area contributed by atoms with E-state index >= 15 is 0 Å². The molecule has 0 aliphatic rings. The first-order chi connectivity index (χ1) is 8.83. The number of hydrogen-bond acceptors (Lipinski definition) is 5. The van der Waals surface area contributed by atoms with Crippen LogP contribution in [0.3, 0.4) is 0 Å². The summed E-state index contributed by atoms with van der Waals surface area (Å²) in [7, 11) is 0. The average Bonchev–Trinajstić information content (AvgIpc) is 2.45. The minimum atomic E-state index is 0.495. The van der Waals surface area contributed by atoms with Gasteiger partial charge in [-0.1, -0.05) is 12.1 Å².